The van der Waals surface area contributed by atoms with Crippen LogP contribution in [0.3, 0.4) is 0 Å². The van der Waals surface area contributed by atoms with Gasteiger partial charge in [0.25, 0.3) is 0 Å². The highest BCUT2D eigenvalue weighted by molar-refractivity contribution is 5.56. The molecule has 0 saturated carbocycles. The average molecular weight is 187 g/mol. The quantitative estimate of drug-likeness (QED) is 0.569. The number of nitrogens with one attached hydrogen (secondary N) is 1. The summed E-state index contributed by atoms with van der Waals surface area (Å²) in [5.74, 6) is 0. The highest BCUT2D eigenvalue weighted by Gasteiger charge is 2.11. The van der Waals surface area contributed by atoms with Crippen LogP contribution in [0, 0.1) is 11.5 Å². The molecule has 0 aromatic heterocycles. The Morgan fingerprint density at radius 3 is 2.36 bits per heavy atom. The minimum Gasteiger partial charge on any atom is -0.372 e. The van der Waals surface area contributed by atoms with Crippen molar-refractivity contribution in [3.8, 4) is 6.19 Å². The van der Waals surface area contributed by atoms with Gasteiger partial charge in [-0.1, -0.05) is 0 Å². The summed E-state index contributed by atoms with van der Waals surface area (Å²) in [5.41, 5.74) is 2.11. The maximum atomic E-state index is 8.43. The van der Waals surface area contributed by atoms with Gasteiger partial charge in [0.05, 0.1) is 0 Å². The molecule has 0 bridgehead atoms. The lowest BCUT2D eigenvalue weighted by atomic mass is 10.2. The van der Waals surface area contributed by atoms with Crippen LogP contribution in [-0.4, -0.2) is 13.1 Å². The van der Waals surface area contributed by atoms with Crippen LogP contribution in [0.25, 0.3) is 0 Å². The standard InChI is InChI=1S/C11H13N3/c12-9-13-10-3-5-11(6-4-10)14-7-1-2-8-14/h3-6,13H,1-2,7-8H2. The van der Waals surface area contributed by atoms with Crippen molar-refractivity contribution in [3.63, 3.8) is 0 Å². The van der Waals surface area contributed by atoms with E-state index in [-0.39, 0.29) is 0 Å². The zero-order chi connectivity index (χ0) is 9.80. The van der Waals surface area contributed by atoms with Gasteiger partial charge in [-0.25, -0.2) is 0 Å². The molecule has 1 aromatic carbocycles. The van der Waals surface area contributed by atoms with E-state index in [0.29, 0.717) is 0 Å². The van der Waals surface area contributed by atoms with Crippen molar-refractivity contribution in [3.05, 3.63) is 24.3 Å². The Balaban J connectivity index is 2.09. The highest BCUT2D eigenvalue weighted by Crippen LogP contribution is 2.21. The third-order valence-electron chi connectivity index (χ3n) is 2.54. The number of nitrogens with zero attached hydrogens (tertiary/aromatic N) is 2. The summed E-state index contributed by atoms with van der Waals surface area (Å²) in [6.07, 6.45) is 4.49. The molecule has 3 nitrogen and oxygen atoms in total. The van der Waals surface area contributed by atoms with E-state index in [1.807, 2.05) is 18.3 Å². The van der Waals surface area contributed by atoms with Crippen molar-refractivity contribution >= 4 is 11.4 Å². The fraction of sp³-hybridized carbons (Fsp3) is 0.364. The first-order chi connectivity index (χ1) is 6.90. The van der Waals surface area contributed by atoms with Gasteiger partial charge in [-0.2, -0.15) is 5.26 Å². The van der Waals surface area contributed by atoms with Gasteiger partial charge in [0.15, 0.2) is 6.19 Å². The van der Waals surface area contributed by atoms with Crippen LogP contribution in [0.4, 0.5) is 11.4 Å². The predicted octanol–water partition coefficient (Wildman–Crippen LogP) is 2.18. The lowest BCUT2D eigenvalue weighted by molar-refractivity contribution is 0.949. The zero-order valence-electron chi connectivity index (χ0n) is 8.03. The second-order valence-corrected chi connectivity index (χ2v) is 3.48. The van der Waals surface area contributed by atoms with E-state index >= 15 is 0 Å². The smallest absolute Gasteiger partial charge is 0.181 e. The summed E-state index contributed by atoms with van der Waals surface area (Å²) in [6.45, 7) is 2.32. The third-order valence-corrected chi connectivity index (χ3v) is 2.54. The maximum Gasteiger partial charge on any atom is 0.181 e. The van der Waals surface area contributed by atoms with Crippen LogP contribution in [0.1, 0.15) is 12.8 Å². The molecule has 0 radical (unpaired) electrons. The zero-order valence-corrected chi connectivity index (χ0v) is 8.03. The second kappa shape index (κ2) is 4.01. The molecule has 0 unspecified atom stereocenters. The van der Waals surface area contributed by atoms with Crippen LogP contribution in [-0.2, 0) is 0 Å². The summed E-state index contributed by atoms with van der Waals surface area (Å²) < 4.78 is 0. The molecule has 0 atom stereocenters. The van der Waals surface area contributed by atoms with E-state index in [2.05, 4.69) is 22.3 Å². The number of anilines is 2. The second-order valence-electron chi connectivity index (χ2n) is 3.48. The van der Waals surface area contributed by atoms with Crippen molar-refractivity contribution in [2.45, 2.75) is 12.8 Å². The van der Waals surface area contributed by atoms with E-state index in [1.165, 1.54) is 18.5 Å². The fourth-order valence-corrected chi connectivity index (χ4v) is 1.80. The van der Waals surface area contributed by atoms with Gasteiger partial charge in [0.1, 0.15) is 0 Å². The maximum absolute atomic E-state index is 8.43. The fourth-order valence-electron chi connectivity index (χ4n) is 1.80. The van der Waals surface area contributed by atoms with E-state index in [9.17, 15) is 0 Å². The van der Waals surface area contributed by atoms with Crippen molar-refractivity contribution in [1.29, 1.82) is 5.26 Å². The molecule has 72 valence electrons. The number of hydrogen-bond acceptors (Lipinski definition) is 3. The van der Waals surface area contributed by atoms with Gasteiger partial charge >= 0.3 is 0 Å². The molecule has 1 aliphatic rings. The minimum atomic E-state index is 0.857. The molecule has 3 heteroatoms. The van der Waals surface area contributed by atoms with E-state index < -0.39 is 0 Å². The SMILES string of the molecule is N#CNc1ccc(N2CCCC2)cc1. The van der Waals surface area contributed by atoms with Gasteiger partial charge in [-0.15, -0.1) is 0 Å². The van der Waals surface area contributed by atoms with Gasteiger partial charge < -0.3 is 4.90 Å². The molecule has 1 heterocycles. The molecule has 1 aliphatic heterocycles. The van der Waals surface area contributed by atoms with Crippen molar-refractivity contribution in [1.82, 2.24) is 0 Å². The van der Waals surface area contributed by atoms with Gasteiger partial charge in [0.2, 0.25) is 0 Å². The monoisotopic (exact) mass is 187 g/mol. The number of hydrogen-bond donors (Lipinski definition) is 1. The van der Waals surface area contributed by atoms with Crippen LogP contribution in [0.15, 0.2) is 24.3 Å². The topological polar surface area (TPSA) is 39.1 Å². The Morgan fingerprint density at radius 2 is 1.79 bits per heavy atom. The Hall–Kier alpha value is -1.69. The Labute approximate surface area is 84.0 Å². The van der Waals surface area contributed by atoms with Crippen molar-refractivity contribution in [2.24, 2.45) is 0 Å². The van der Waals surface area contributed by atoms with E-state index in [4.69, 9.17) is 5.26 Å². The first-order valence-corrected chi connectivity index (χ1v) is 4.90. The summed E-state index contributed by atoms with van der Waals surface area (Å²) in [5, 5.41) is 11.0. The highest BCUT2D eigenvalue weighted by atomic mass is 15.1. The molecular formula is C11H13N3. The molecule has 1 saturated heterocycles. The van der Waals surface area contributed by atoms with Crippen LogP contribution < -0.4 is 10.2 Å². The normalized spacial score (nSPS) is 15.2. The number of nitriles is 1. The predicted molar refractivity (Wildman–Crippen MR) is 57.1 cm³/mol. The Kier molecular flexibility index (Phi) is 2.55. The minimum absolute atomic E-state index is 0.857. The largest absolute Gasteiger partial charge is 0.372 e. The van der Waals surface area contributed by atoms with Gasteiger partial charge in [-0.3, -0.25) is 5.32 Å². The van der Waals surface area contributed by atoms with Gasteiger partial charge in [-0.05, 0) is 37.1 Å². The van der Waals surface area contributed by atoms with Crippen molar-refractivity contribution in [2.75, 3.05) is 23.3 Å². The van der Waals surface area contributed by atoms with Crippen molar-refractivity contribution < 1.29 is 0 Å². The van der Waals surface area contributed by atoms with E-state index in [1.54, 1.807) is 0 Å². The Bertz CT molecular complexity index is 331. The Morgan fingerprint density at radius 1 is 1.14 bits per heavy atom. The summed E-state index contributed by atoms with van der Waals surface area (Å²) >= 11 is 0. The first-order valence-electron chi connectivity index (χ1n) is 4.90. The van der Waals surface area contributed by atoms with Crippen LogP contribution >= 0.6 is 0 Å². The molecule has 14 heavy (non-hydrogen) atoms. The summed E-state index contributed by atoms with van der Waals surface area (Å²) in [7, 11) is 0. The third kappa shape index (κ3) is 1.80. The molecule has 1 aromatic rings. The molecule has 0 spiro atoms. The number of benzene rings is 1. The molecule has 1 fully saturated rings. The molecule has 2 rings (SSSR count). The molecule has 0 aliphatic carbocycles. The van der Waals surface area contributed by atoms with Crippen LogP contribution in [0.5, 0.6) is 0 Å². The first kappa shape index (κ1) is 8.89. The lowest BCUT2D eigenvalue weighted by Crippen LogP contribution is -2.17. The van der Waals surface area contributed by atoms with E-state index in [0.717, 1.165) is 18.8 Å². The molecule has 1 N–H and O–H groups in total. The summed E-state index contributed by atoms with van der Waals surface area (Å²) in [4.78, 5) is 2.37. The van der Waals surface area contributed by atoms with Gasteiger partial charge in [0, 0.05) is 24.5 Å². The number of rotatable bonds is 2. The lowest BCUT2D eigenvalue weighted by Gasteiger charge is -2.17. The average Bonchev–Trinajstić information content (AvgIpc) is 2.72. The summed E-state index contributed by atoms with van der Waals surface area (Å²) in [6, 6.07) is 8.00. The molecule has 0 amide bonds. The molecular weight excluding hydrogens is 174 g/mol. The van der Waals surface area contributed by atoms with Crippen LogP contribution in [0.2, 0.25) is 0 Å².